The predicted octanol–water partition coefficient (Wildman–Crippen LogP) is 1.72. The lowest BCUT2D eigenvalue weighted by molar-refractivity contribution is -0.690. The van der Waals surface area contributed by atoms with Crippen molar-refractivity contribution in [1.82, 2.24) is 14.1 Å². The topological polar surface area (TPSA) is 96.6 Å². The molecule has 1 aliphatic rings. The van der Waals surface area contributed by atoms with Crippen LogP contribution >= 0.6 is 0 Å². The summed E-state index contributed by atoms with van der Waals surface area (Å²) in [4.78, 5) is 30.0. The van der Waals surface area contributed by atoms with Crippen molar-refractivity contribution < 1.29 is 10.4 Å². The summed E-state index contributed by atoms with van der Waals surface area (Å²) in [5.74, 6) is 0.0937. The molecule has 30 heavy (non-hydrogen) atoms. The van der Waals surface area contributed by atoms with E-state index in [1.807, 2.05) is 45.9 Å². The van der Waals surface area contributed by atoms with E-state index in [0.717, 1.165) is 29.6 Å². The summed E-state index contributed by atoms with van der Waals surface area (Å²) in [6.07, 6.45) is 0.891. The summed E-state index contributed by atoms with van der Waals surface area (Å²) in [6.45, 7) is 9.45. The molecule has 2 aromatic heterocycles. The van der Waals surface area contributed by atoms with E-state index in [1.165, 1.54) is 14.7 Å². The Labute approximate surface area is 175 Å². The van der Waals surface area contributed by atoms with Gasteiger partial charge in [0.1, 0.15) is 5.56 Å². The molecule has 160 valence electrons. The van der Waals surface area contributed by atoms with Crippen LogP contribution in [0.1, 0.15) is 50.6 Å². The lowest BCUT2D eigenvalue weighted by Crippen LogP contribution is -2.88. The molecule has 0 radical (unpaired) electrons. The molecule has 0 saturated heterocycles. The second kappa shape index (κ2) is 7.80. The quantitative estimate of drug-likeness (QED) is 0.596. The number of aromatic amines is 1. The zero-order chi connectivity index (χ0) is 21.6. The Kier molecular flexibility index (Phi) is 5.32. The van der Waals surface area contributed by atoms with Gasteiger partial charge in [0, 0.05) is 30.4 Å². The first-order chi connectivity index (χ1) is 14.3. The van der Waals surface area contributed by atoms with Gasteiger partial charge >= 0.3 is 5.69 Å². The minimum atomic E-state index is -0.434. The number of benzene rings is 1. The molecule has 7 nitrogen and oxygen atoms in total. The standard InChI is InChI=1S/C23H30N4O3/c1-13(2)11-26-21(28)18(22(29)27(23(26)30)12-14(3)4)20-19-16(9-10-24-20)15-7-5-6-8-17(15)25-19/h5-8,13-14,20,24-25,28H,9-12H2,1-4H3/p+1/t20-/m1/s1. The van der Waals surface area contributed by atoms with Gasteiger partial charge in [0.05, 0.1) is 12.2 Å². The van der Waals surface area contributed by atoms with Gasteiger partial charge in [0.15, 0.2) is 6.04 Å². The lowest BCUT2D eigenvalue weighted by atomic mass is 9.95. The maximum atomic E-state index is 13.5. The predicted molar refractivity (Wildman–Crippen MR) is 117 cm³/mol. The van der Waals surface area contributed by atoms with Crippen molar-refractivity contribution in [1.29, 1.82) is 0 Å². The number of hydrogen-bond donors (Lipinski definition) is 3. The third kappa shape index (κ3) is 3.37. The highest BCUT2D eigenvalue weighted by molar-refractivity contribution is 5.85. The number of para-hydroxylation sites is 1. The molecular weight excluding hydrogens is 380 g/mol. The Morgan fingerprint density at radius 2 is 1.77 bits per heavy atom. The van der Waals surface area contributed by atoms with Crippen molar-refractivity contribution in [2.75, 3.05) is 6.54 Å². The Balaban J connectivity index is 1.98. The van der Waals surface area contributed by atoms with Gasteiger partial charge in [0.25, 0.3) is 5.56 Å². The Morgan fingerprint density at radius 1 is 1.10 bits per heavy atom. The van der Waals surface area contributed by atoms with Gasteiger partial charge in [-0.3, -0.25) is 13.9 Å². The number of hydrogen-bond acceptors (Lipinski definition) is 3. The largest absolute Gasteiger partial charge is 0.494 e. The smallest absolute Gasteiger partial charge is 0.333 e. The van der Waals surface area contributed by atoms with Crippen molar-refractivity contribution in [2.24, 2.45) is 11.8 Å². The first kappa shape index (κ1) is 20.5. The maximum Gasteiger partial charge on any atom is 0.333 e. The highest BCUT2D eigenvalue weighted by Gasteiger charge is 2.35. The second-order valence-corrected chi connectivity index (χ2v) is 9.15. The van der Waals surface area contributed by atoms with Crippen LogP contribution in [0, 0.1) is 11.8 Å². The molecule has 0 bridgehead atoms. The molecule has 7 heteroatoms. The van der Waals surface area contributed by atoms with Crippen LogP contribution in [-0.2, 0) is 19.5 Å². The van der Waals surface area contributed by atoms with Crippen LogP contribution in [0.4, 0.5) is 0 Å². The van der Waals surface area contributed by atoms with Crippen LogP contribution in [0.2, 0.25) is 0 Å². The van der Waals surface area contributed by atoms with Crippen LogP contribution in [0.25, 0.3) is 10.9 Å². The SMILES string of the molecule is CC(C)Cn1c(O)c([C@H]2[NH2+]CCc3c2[nH]c2ccccc32)c(=O)n(CC(C)C)c1=O. The normalized spacial score (nSPS) is 16.5. The number of H-pyrrole nitrogens is 1. The van der Waals surface area contributed by atoms with E-state index in [-0.39, 0.29) is 29.3 Å². The van der Waals surface area contributed by atoms with E-state index in [4.69, 9.17) is 0 Å². The number of nitrogens with one attached hydrogen (secondary N) is 1. The molecule has 1 aliphatic heterocycles. The zero-order valence-electron chi connectivity index (χ0n) is 18.1. The van der Waals surface area contributed by atoms with E-state index >= 15 is 0 Å². The molecule has 1 aromatic carbocycles. The number of aromatic nitrogens is 3. The third-order valence-electron chi connectivity index (χ3n) is 5.79. The summed E-state index contributed by atoms with van der Waals surface area (Å²) in [5, 5.41) is 14.4. The molecule has 0 spiro atoms. The van der Waals surface area contributed by atoms with Crippen molar-refractivity contribution in [3.05, 3.63) is 61.9 Å². The molecule has 0 amide bonds. The number of rotatable bonds is 5. The van der Waals surface area contributed by atoms with Crippen LogP contribution < -0.4 is 16.6 Å². The highest BCUT2D eigenvalue weighted by Crippen LogP contribution is 2.32. The average molecular weight is 412 g/mol. The van der Waals surface area contributed by atoms with E-state index in [2.05, 4.69) is 16.4 Å². The first-order valence-electron chi connectivity index (χ1n) is 10.8. The Hall–Kier alpha value is -2.80. The Bertz CT molecular complexity index is 1200. The number of nitrogens with zero attached hydrogens (tertiary/aromatic N) is 2. The van der Waals surface area contributed by atoms with Gasteiger partial charge in [-0.05, 0) is 23.5 Å². The maximum absolute atomic E-state index is 13.5. The van der Waals surface area contributed by atoms with E-state index in [1.54, 1.807) is 0 Å². The summed E-state index contributed by atoms with van der Waals surface area (Å²) in [7, 11) is 0. The molecule has 4 rings (SSSR count). The van der Waals surface area contributed by atoms with Gasteiger partial charge in [-0.15, -0.1) is 0 Å². The van der Waals surface area contributed by atoms with Crippen molar-refractivity contribution in [3.8, 4) is 5.88 Å². The minimum Gasteiger partial charge on any atom is -0.494 e. The third-order valence-corrected chi connectivity index (χ3v) is 5.79. The van der Waals surface area contributed by atoms with Gasteiger partial charge < -0.3 is 15.4 Å². The van der Waals surface area contributed by atoms with E-state index in [9.17, 15) is 14.7 Å². The fourth-order valence-corrected chi connectivity index (χ4v) is 4.57. The number of quaternary nitrogens is 1. The molecule has 0 fully saturated rings. The molecule has 3 aromatic rings. The van der Waals surface area contributed by atoms with Gasteiger partial charge in [0.2, 0.25) is 5.88 Å². The summed E-state index contributed by atoms with van der Waals surface area (Å²) >= 11 is 0. The molecule has 4 N–H and O–H groups in total. The van der Waals surface area contributed by atoms with Crippen molar-refractivity contribution in [2.45, 2.75) is 53.2 Å². The number of nitrogens with two attached hydrogens (primary N) is 1. The first-order valence-corrected chi connectivity index (χ1v) is 10.8. The summed E-state index contributed by atoms with van der Waals surface area (Å²) in [6, 6.07) is 7.75. The average Bonchev–Trinajstić information content (AvgIpc) is 3.08. The van der Waals surface area contributed by atoms with Crippen molar-refractivity contribution in [3.63, 3.8) is 0 Å². The molecule has 0 saturated carbocycles. The molecule has 3 heterocycles. The summed E-state index contributed by atoms with van der Waals surface area (Å²) in [5.41, 5.74) is 2.63. The highest BCUT2D eigenvalue weighted by atomic mass is 16.3. The molecule has 0 aliphatic carbocycles. The monoisotopic (exact) mass is 411 g/mol. The van der Waals surface area contributed by atoms with Crippen LogP contribution in [0.5, 0.6) is 5.88 Å². The lowest BCUT2D eigenvalue weighted by Gasteiger charge is -2.24. The van der Waals surface area contributed by atoms with E-state index in [0.29, 0.717) is 18.7 Å². The van der Waals surface area contributed by atoms with Gasteiger partial charge in [-0.1, -0.05) is 45.9 Å². The van der Waals surface area contributed by atoms with Crippen molar-refractivity contribution >= 4 is 10.9 Å². The molecule has 1 atom stereocenters. The fourth-order valence-electron chi connectivity index (χ4n) is 4.57. The van der Waals surface area contributed by atoms with Gasteiger partial charge in [-0.2, -0.15) is 0 Å². The van der Waals surface area contributed by atoms with Crippen LogP contribution in [0.15, 0.2) is 33.9 Å². The van der Waals surface area contributed by atoms with Crippen LogP contribution in [-0.4, -0.2) is 25.8 Å². The second-order valence-electron chi connectivity index (χ2n) is 9.15. The zero-order valence-corrected chi connectivity index (χ0v) is 18.1. The number of aromatic hydroxyl groups is 1. The minimum absolute atomic E-state index is 0.138. The summed E-state index contributed by atoms with van der Waals surface area (Å²) < 4.78 is 2.67. The number of fused-ring (bicyclic) bond motifs is 3. The molecular formula is C23H31N4O3+. The molecule has 0 unspecified atom stereocenters. The van der Waals surface area contributed by atoms with Gasteiger partial charge in [-0.25, -0.2) is 4.79 Å². The fraction of sp³-hybridized carbons (Fsp3) is 0.478. The van der Waals surface area contributed by atoms with Crippen LogP contribution in [0.3, 0.4) is 0 Å². The van der Waals surface area contributed by atoms with E-state index < -0.39 is 5.69 Å². The Morgan fingerprint density at radius 3 is 2.47 bits per heavy atom.